The lowest BCUT2D eigenvalue weighted by atomic mass is 10.1. The summed E-state index contributed by atoms with van der Waals surface area (Å²) in [4.78, 5) is 12.8. The number of benzene rings is 2. The predicted octanol–water partition coefficient (Wildman–Crippen LogP) is 2.74. The van der Waals surface area contributed by atoms with Crippen molar-refractivity contribution in [3.8, 4) is 5.75 Å². The van der Waals surface area contributed by atoms with Gasteiger partial charge in [-0.1, -0.05) is 6.07 Å². The molecule has 104 valence electrons. The maximum Gasteiger partial charge on any atom is 0.335 e. The third-order valence-electron chi connectivity index (χ3n) is 3.08. The van der Waals surface area contributed by atoms with E-state index in [0.717, 1.165) is 17.1 Å². The van der Waals surface area contributed by atoms with Crippen LogP contribution in [0.15, 0.2) is 42.5 Å². The van der Waals surface area contributed by atoms with Gasteiger partial charge >= 0.3 is 5.97 Å². The average molecular weight is 272 g/mol. The molecular weight excluding hydrogens is 256 g/mol. The highest BCUT2D eigenvalue weighted by Gasteiger charge is 2.11. The molecule has 0 radical (unpaired) electrons. The van der Waals surface area contributed by atoms with Gasteiger partial charge in [-0.25, -0.2) is 4.79 Å². The van der Waals surface area contributed by atoms with Crippen molar-refractivity contribution in [3.63, 3.8) is 0 Å². The maximum absolute atomic E-state index is 10.9. The van der Waals surface area contributed by atoms with Crippen LogP contribution >= 0.6 is 0 Å². The van der Waals surface area contributed by atoms with Crippen molar-refractivity contribution in [3.05, 3.63) is 48.0 Å². The van der Waals surface area contributed by atoms with Gasteiger partial charge in [0, 0.05) is 18.8 Å². The largest absolute Gasteiger partial charge is 0.497 e. The first-order valence-electron chi connectivity index (χ1n) is 6.03. The van der Waals surface area contributed by atoms with Crippen LogP contribution in [0.3, 0.4) is 0 Å². The molecule has 0 heterocycles. The zero-order valence-electron chi connectivity index (χ0n) is 11.3. The van der Waals surface area contributed by atoms with E-state index in [9.17, 15) is 4.79 Å². The molecule has 0 amide bonds. The number of methoxy groups -OCH3 is 1. The fourth-order valence-corrected chi connectivity index (χ4v) is 1.95. The Kier molecular flexibility index (Phi) is 3.79. The fourth-order valence-electron chi connectivity index (χ4n) is 1.95. The molecule has 3 N–H and O–H groups in total. The normalized spacial score (nSPS) is 10.1. The number of rotatable bonds is 4. The number of nitrogen functional groups attached to an aromatic ring is 1. The molecule has 5 heteroatoms. The zero-order chi connectivity index (χ0) is 14.7. The minimum absolute atomic E-state index is 0.172. The molecule has 0 aliphatic heterocycles. The molecule has 0 fully saturated rings. The van der Waals surface area contributed by atoms with Crippen molar-refractivity contribution in [2.24, 2.45) is 0 Å². The number of nitrogens with zero attached hydrogens (tertiary/aromatic N) is 1. The van der Waals surface area contributed by atoms with E-state index in [-0.39, 0.29) is 5.56 Å². The Labute approximate surface area is 117 Å². The van der Waals surface area contributed by atoms with Crippen molar-refractivity contribution in [1.82, 2.24) is 0 Å². The van der Waals surface area contributed by atoms with Crippen LogP contribution in [-0.2, 0) is 0 Å². The summed E-state index contributed by atoms with van der Waals surface area (Å²) in [7, 11) is 3.47. The number of carboxylic acids is 1. The van der Waals surface area contributed by atoms with Gasteiger partial charge in [-0.05, 0) is 30.3 Å². The van der Waals surface area contributed by atoms with Gasteiger partial charge in [0.1, 0.15) is 5.75 Å². The molecule has 20 heavy (non-hydrogen) atoms. The van der Waals surface area contributed by atoms with E-state index in [1.807, 2.05) is 36.2 Å². The second-order valence-corrected chi connectivity index (χ2v) is 4.34. The van der Waals surface area contributed by atoms with Crippen LogP contribution in [0.1, 0.15) is 10.4 Å². The standard InChI is InChI=1S/C15H16N2O3/c1-17(11-4-3-5-12(9-11)20-2)14-7-6-10(15(18)19)8-13(14)16/h3-9H,16H2,1-2H3,(H,18,19). The Balaban J connectivity index is 2.37. The lowest BCUT2D eigenvalue weighted by Crippen LogP contribution is -2.12. The second kappa shape index (κ2) is 5.52. The van der Waals surface area contributed by atoms with Gasteiger partial charge in [0.15, 0.2) is 0 Å². The molecule has 0 atom stereocenters. The lowest BCUT2D eigenvalue weighted by molar-refractivity contribution is 0.0697. The summed E-state index contributed by atoms with van der Waals surface area (Å²) in [5.41, 5.74) is 8.16. The maximum atomic E-state index is 10.9. The van der Waals surface area contributed by atoms with E-state index in [4.69, 9.17) is 15.6 Å². The van der Waals surface area contributed by atoms with Crippen molar-refractivity contribution >= 4 is 23.0 Å². The van der Waals surface area contributed by atoms with Gasteiger partial charge in [0.2, 0.25) is 0 Å². The third kappa shape index (κ3) is 2.66. The molecular formula is C15H16N2O3. The molecule has 0 aliphatic carbocycles. The third-order valence-corrected chi connectivity index (χ3v) is 3.08. The van der Waals surface area contributed by atoms with Gasteiger partial charge in [0.05, 0.1) is 24.0 Å². The van der Waals surface area contributed by atoms with E-state index >= 15 is 0 Å². The van der Waals surface area contributed by atoms with Crippen molar-refractivity contribution < 1.29 is 14.6 Å². The minimum atomic E-state index is -0.993. The highest BCUT2D eigenvalue weighted by atomic mass is 16.5. The van der Waals surface area contributed by atoms with Crippen LogP contribution in [0.25, 0.3) is 0 Å². The number of aromatic carboxylic acids is 1. The highest BCUT2D eigenvalue weighted by molar-refractivity contribution is 5.91. The second-order valence-electron chi connectivity index (χ2n) is 4.34. The Hall–Kier alpha value is -2.69. The summed E-state index contributed by atoms with van der Waals surface area (Å²) >= 11 is 0. The van der Waals surface area contributed by atoms with E-state index in [0.29, 0.717) is 5.69 Å². The number of nitrogens with two attached hydrogens (primary N) is 1. The van der Waals surface area contributed by atoms with E-state index < -0.39 is 5.97 Å². The SMILES string of the molecule is COc1cccc(N(C)c2ccc(C(=O)O)cc2N)c1. The van der Waals surface area contributed by atoms with Gasteiger partial charge in [-0.15, -0.1) is 0 Å². The topological polar surface area (TPSA) is 75.8 Å². The monoisotopic (exact) mass is 272 g/mol. The molecule has 2 rings (SSSR count). The number of hydrogen-bond donors (Lipinski definition) is 2. The van der Waals surface area contributed by atoms with Crippen LogP contribution < -0.4 is 15.4 Å². The summed E-state index contributed by atoms with van der Waals surface area (Å²) in [6.45, 7) is 0. The molecule has 0 unspecified atom stereocenters. The van der Waals surface area contributed by atoms with Gasteiger partial charge in [-0.3, -0.25) is 0 Å². The molecule has 5 nitrogen and oxygen atoms in total. The van der Waals surface area contributed by atoms with Crippen LogP contribution in [-0.4, -0.2) is 25.2 Å². The zero-order valence-corrected chi connectivity index (χ0v) is 11.3. The van der Waals surface area contributed by atoms with Gasteiger partial charge in [0.25, 0.3) is 0 Å². The molecule has 0 saturated carbocycles. The first kappa shape index (κ1) is 13.7. The number of anilines is 3. The number of ether oxygens (including phenoxy) is 1. The highest BCUT2D eigenvalue weighted by Crippen LogP contribution is 2.31. The molecule has 2 aromatic carbocycles. The van der Waals surface area contributed by atoms with Crippen molar-refractivity contribution in [2.45, 2.75) is 0 Å². The minimum Gasteiger partial charge on any atom is -0.497 e. The van der Waals surface area contributed by atoms with Crippen molar-refractivity contribution in [1.29, 1.82) is 0 Å². The van der Waals surface area contributed by atoms with Crippen LogP contribution in [0.2, 0.25) is 0 Å². The molecule has 0 aromatic heterocycles. The van der Waals surface area contributed by atoms with Crippen molar-refractivity contribution in [2.75, 3.05) is 24.8 Å². The summed E-state index contributed by atoms with van der Waals surface area (Å²) in [6, 6.07) is 12.2. The predicted molar refractivity (Wildman–Crippen MR) is 78.9 cm³/mol. The summed E-state index contributed by atoms with van der Waals surface area (Å²) in [5, 5.41) is 8.94. The summed E-state index contributed by atoms with van der Waals surface area (Å²) in [5.74, 6) is -0.248. The smallest absolute Gasteiger partial charge is 0.335 e. The Bertz CT molecular complexity index is 641. The molecule has 0 spiro atoms. The van der Waals surface area contributed by atoms with E-state index in [2.05, 4.69) is 0 Å². The first-order chi connectivity index (χ1) is 9.52. The number of carboxylic acid groups (broad SMARTS) is 1. The lowest BCUT2D eigenvalue weighted by Gasteiger charge is -2.22. The quantitative estimate of drug-likeness (QED) is 0.837. The Morgan fingerprint density at radius 2 is 2.00 bits per heavy atom. The molecule has 0 bridgehead atoms. The molecule has 0 aliphatic rings. The van der Waals surface area contributed by atoms with E-state index in [1.165, 1.54) is 12.1 Å². The van der Waals surface area contributed by atoms with Gasteiger partial charge in [-0.2, -0.15) is 0 Å². The number of carbonyl (C=O) groups is 1. The summed E-state index contributed by atoms with van der Waals surface area (Å²) < 4.78 is 5.19. The van der Waals surface area contributed by atoms with Crippen LogP contribution in [0.5, 0.6) is 5.75 Å². The summed E-state index contributed by atoms with van der Waals surface area (Å²) in [6.07, 6.45) is 0. The average Bonchev–Trinajstić information content (AvgIpc) is 2.46. The van der Waals surface area contributed by atoms with Crippen LogP contribution in [0.4, 0.5) is 17.1 Å². The Morgan fingerprint density at radius 3 is 2.60 bits per heavy atom. The number of hydrogen-bond acceptors (Lipinski definition) is 4. The first-order valence-corrected chi connectivity index (χ1v) is 6.03. The molecule has 2 aromatic rings. The Morgan fingerprint density at radius 1 is 1.25 bits per heavy atom. The van der Waals surface area contributed by atoms with Crippen LogP contribution in [0, 0.1) is 0 Å². The molecule has 0 saturated heterocycles. The fraction of sp³-hybridized carbons (Fsp3) is 0.133. The van der Waals surface area contributed by atoms with E-state index in [1.54, 1.807) is 13.2 Å². The van der Waals surface area contributed by atoms with Gasteiger partial charge < -0.3 is 20.5 Å².